The molecule has 0 aliphatic heterocycles. The van der Waals surface area contributed by atoms with Crippen LogP contribution in [0.25, 0.3) is 11.1 Å². The zero-order valence-electron chi connectivity index (χ0n) is 16.2. The Morgan fingerprint density at radius 3 is 2.31 bits per heavy atom. The van der Waals surface area contributed by atoms with Gasteiger partial charge in [-0.3, -0.25) is 0 Å². The molecule has 0 spiro atoms. The number of benzene rings is 2. The number of terminal acetylenes is 1. The molecule has 1 aliphatic rings. The molecule has 0 unspecified atom stereocenters. The summed E-state index contributed by atoms with van der Waals surface area (Å²) in [6.45, 7) is 2.14. The van der Waals surface area contributed by atoms with Crippen LogP contribution in [-0.2, 0) is 14.3 Å². The summed E-state index contributed by atoms with van der Waals surface area (Å²) in [7, 11) is 0. The number of ether oxygens (including phenoxy) is 2. The Morgan fingerprint density at radius 1 is 1.10 bits per heavy atom. The molecule has 2 aromatic rings. The van der Waals surface area contributed by atoms with Gasteiger partial charge in [-0.1, -0.05) is 54.5 Å². The summed E-state index contributed by atoms with van der Waals surface area (Å²) in [6, 6.07) is 15.4. The molecule has 0 saturated carbocycles. The number of hydrogen-bond donors (Lipinski definition) is 1. The van der Waals surface area contributed by atoms with Crippen molar-refractivity contribution < 1.29 is 19.1 Å². The minimum absolute atomic E-state index is 0.0370. The number of thioether (sulfide) groups is 1. The summed E-state index contributed by atoms with van der Waals surface area (Å²) in [5, 5.41) is 2.61. The molecule has 150 valence electrons. The van der Waals surface area contributed by atoms with Gasteiger partial charge in [-0.05, 0) is 29.2 Å². The molecule has 1 atom stereocenters. The van der Waals surface area contributed by atoms with Crippen LogP contribution in [0, 0.1) is 12.3 Å². The molecule has 5 nitrogen and oxygen atoms in total. The number of esters is 1. The van der Waals surface area contributed by atoms with Crippen molar-refractivity contribution >= 4 is 23.8 Å². The lowest BCUT2D eigenvalue weighted by Crippen LogP contribution is -2.44. The topological polar surface area (TPSA) is 64.6 Å². The van der Waals surface area contributed by atoms with Crippen molar-refractivity contribution in [1.82, 2.24) is 5.32 Å². The van der Waals surface area contributed by atoms with E-state index in [9.17, 15) is 9.59 Å². The number of fused-ring (bicyclic) bond motifs is 3. The lowest BCUT2D eigenvalue weighted by Gasteiger charge is -2.18. The van der Waals surface area contributed by atoms with Crippen LogP contribution in [0.15, 0.2) is 48.5 Å². The normalized spacial score (nSPS) is 13.0. The maximum Gasteiger partial charge on any atom is 0.407 e. The van der Waals surface area contributed by atoms with Gasteiger partial charge < -0.3 is 14.8 Å². The van der Waals surface area contributed by atoms with Crippen molar-refractivity contribution in [3.8, 4) is 23.5 Å². The Balaban J connectivity index is 1.65. The van der Waals surface area contributed by atoms with Crippen molar-refractivity contribution in [3.63, 3.8) is 0 Å². The number of amides is 1. The molecule has 0 bridgehead atoms. The summed E-state index contributed by atoms with van der Waals surface area (Å²) >= 11 is 1.38. The fourth-order valence-electron chi connectivity index (χ4n) is 3.43. The number of carbonyl (C=O) groups is 2. The van der Waals surface area contributed by atoms with E-state index in [-0.39, 0.29) is 19.1 Å². The van der Waals surface area contributed by atoms with Crippen molar-refractivity contribution in [3.05, 3.63) is 59.7 Å². The molecule has 1 aliphatic carbocycles. The lowest BCUT2D eigenvalue weighted by molar-refractivity contribution is -0.144. The molecular weight excluding hydrogens is 386 g/mol. The lowest BCUT2D eigenvalue weighted by atomic mass is 9.98. The molecule has 0 radical (unpaired) electrons. The molecule has 0 aromatic heterocycles. The van der Waals surface area contributed by atoms with Gasteiger partial charge in [0.15, 0.2) is 0 Å². The molecule has 1 amide bonds. The van der Waals surface area contributed by atoms with E-state index >= 15 is 0 Å². The second kappa shape index (κ2) is 10.0. The van der Waals surface area contributed by atoms with Crippen molar-refractivity contribution in [2.75, 3.05) is 24.7 Å². The quantitative estimate of drug-likeness (QED) is 0.408. The van der Waals surface area contributed by atoms with E-state index in [4.69, 9.17) is 15.9 Å². The molecule has 6 heteroatoms. The highest BCUT2D eigenvalue weighted by atomic mass is 32.2. The fourth-order valence-corrected chi connectivity index (χ4v) is 4.12. The number of alkyl carbamates (subject to hydrolysis) is 1. The first-order valence-electron chi connectivity index (χ1n) is 9.45. The smallest absolute Gasteiger partial charge is 0.407 e. The minimum Gasteiger partial charge on any atom is -0.464 e. The van der Waals surface area contributed by atoms with Crippen LogP contribution >= 0.6 is 11.8 Å². The first-order chi connectivity index (χ1) is 14.2. The monoisotopic (exact) mass is 409 g/mol. The molecular formula is C23H23NO4S. The molecule has 29 heavy (non-hydrogen) atoms. The number of rotatable bonds is 8. The predicted octanol–water partition coefficient (Wildman–Crippen LogP) is 3.82. The molecule has 0 fully saturated rings. The van der Waals surface area contributed by atoms with Crippen LogP contribution in [0.4, 0.5) is 4.79 Å². The third kappa shape index (κ3) is 4.93. The van der Waals surface area contributed by atoms with Gasteiger partial charge in [0.2, 0.25) is 0 Å². The number of nitrogens with one attached hydrogen (secondary N) is 1. The van der Waals surface area contributed by atoms with E-state index in [0.717, 1.165) is 22.3 Å². The van der Waals surface area contributed by atoms with Crippen LogP contribution in [0.2, 0.25) is 0 Å². The van der Waals surface area contributed by atoms with Crippen LogP contribution < -0.4 is 5.32 Å². The molecule has 0 saturated heterocycles. The number of carbonyl (C=O) groups excluding carboxylic acids is 2. The van der Waals surface area contributed by atoms with Crippen LogP contribution in [0.1, 0.15) is 24.0 Å². The highest BCUT2D eigenvalue weighted by molar-refractivity contribution is 7.99. The van der Waals surface area contributed by atoms with Gasteiger partial charge in [-0.25, -0.2) is 9.59 Å². The Morgan fingerprint density at radius 2 is 1.72 bits per heavy atom. The average molecular weight is 410 g/mol. The second-order valence-corrected chi connectivity index (χ2v) is 7.52. The summed E-state index contributed by atoms with van der Waals surface area (Å²) in [4.78, 5) is 24.5. The summed E-state index contributed by atoms with van der Waals surface area (Å²) in [6.07, 6.45) is 4.60. The number of hydrogen-bond acceptors (Lipinski definition) is 5. The standard InChI is InChI=1S/C23H23NO4S/c1-3-13-29-15-21(22(25)27-4-2)24-23(26)28-14-20-18-11-7-5-9-16(18)17-10-6-8-12-19(17)20/h1,5-12,20-21H,4,13-15H2,2H3,(H,24,26)/t21-/m0/s1. The highest BCUT2D eigenvalue weighted by Crippen LogP contribution is 2.44. The van der Waals surface area contributed by atoms with E-state index in [0.29, 0.717) is 11.5 Å². The zero-order chi connectivity index (χ0) is 20.6. The molecule has 0 heterocycles. The zero-order valence-corrected chi connectivity index (χ0v) is 17.0. The van der Waals surface area contributed by atoms with Crippen LogP contribution in [0.3, 0.4) is 0 Å². The average Bonchev–Trinajstić information content (AvgIpc) is 3.06. The van der Waals surface area contributed by atoms with Gasteiger partial charge in [-0.2, -0.15) is 0 Å². The maximum absolute atomic E-state index is 12.4. The first kappa shape index (κ1) is 20.8. The van der Waals surface area contributed by atoms with Crippen LogP contribution in [-0.4, -0.2) is 42.8 Å². The SMILES string of the molecule is C#CCSC[C@H](NC(=O)OCC1c2ccccc2-c2ccccc21)C(=O)OCC. The van der Waals surface area contributed by atoms with E-state index in [2.05, 4.69) is 35.5 Å². The summed E-state index contributed by atoms with van der Waals surface area (Å²) in [5.74, 6) is 2.74. The first-order valence-corrected chi connectivity index (χ1v) is 10.6. The Hall–Kier alpha value is -2.91. The molecule has 3 rings (SSSR count). The molecule has 2 aromatic carbocycles. The maximum atomic E-state index is 12.4. The summed E-state index contributed by atoms with van der Waals surface area (Å²) < 4.78 is 10.5. The van der Waals surface area contributed by atoms with E-state index in [1.165, 1.54) is 11.8 Å². The third-order valence-corrected chi connectivity index (χ3v) is 5.62. The highest BCUT2D eigenvalue weighted by Gasteiger charge is 2.30. The Kier molecular flexibility index (Phi) is 7.20. The van der Waals surface area contributed by atoms with Gasteiger partial charge in [0.25, 0.3) is 0 Å². The summed E-state index contributed by atoms with van der Waals surface area (Å²) in [5.41, 5.74) is 4.58. The largest absolute Gasteiger partial charge is 0.464 e. The third-order valence-electron chi connectivity index (χ3n) is 4.68. The molecule has 1 N–H and O–H groups in total. The Bertz CT molecular complexity index is 876. The van der Waals surface area contributed by atoms with Gasteiger partial charge in [0.1, 0.15) is 12.6 Å². The second-order valence-electron chi connectivity index (χ2n) is 6.49. The minimum atomic E-state index is -0.802. The van der Waals surface area contributed by atoms with Crippen molar-refractivity contribution in [2.24, 2.45) is 0 Å². The van der Waals surface area contributed by atoms with E-state index in [1.54, 1.807) is 6.92 Å². The Labute approximate surface area is 175 Å². The van der Waals surface area contributed by atoms with E-state index in [1.807, 2.05) is 24.3 Å². The van der Waals surface area contributed by atoms with Crippen LogP contribution in [0.5, 0.6) is 0 Å². The predicted molar refractivity (Wildman–Crippen MR) is 115 cm³/mol. The van der Waals surface area contributed by atoms with Crippen molar-refractivity contribution in [1.29, 1.82) is 0 Å². The van der Waals surface area contributed by atoms with Gasteiger partial charge in [0, 0.05) is 11.7 Å². The fraction of sp³-hybridized carbons (Fsp3) is 0.304. The van der Waals surface area contributed by atoms with Crippen molar-refractivity contribution in [2.45, 2.75) is 18.9 Å². The van der Waals surface area contributed by atoms with Gasteiger partial charge in [-0.15, -0.1) is 18.2 Å². The van der Waals surface area contributed by atoms with Gasteiger partial charge in [0.05, 0.1) is 12.4 Å². The van der Waals surface area contributed by atoms with E-state index < -0.39 is 18.1 Å². The van der Waals surface area contributed by atoms with Gasteiger partial charge >= 0.3 is 12.1 Å².